The summed E-state index contributed by atoms with van der Waals surface area (Å²) >= 11 is 0. The first kappa shape index (κ1) is 19.0. The van der Waals surface area contributed by atoms with Gasteiger partial charge >= 0.3 is 0 Å². The van der Waals surface area contributed by atoms with Crippen LogP contribution in [-0.2, 0) is 9.84 Å². The fourth-order valence-electron chi connectivity index (χ4n) is 3.31. The first-order valence-electron chi connectivity index (χ1n) is 9.19. The molecule has 0 amide bonds. The van der Waals surface area contributed by atoms with Gasteiger partial charge in [-0.1, -0.05) is 59.7 Å². The summed E-state index contributed by atoms with van der Waals surface area (Å²) in [6.07, 6.45) is 1.37. The van der Waals surface area contributed by atoms with Crippen LogP contribution in [-0.4, -0.2) is 19.2 Å². The highest BCUT2D eigenvalue weighted by Gasteiger charge is 2.28. The predicted molar refractivity (Wildman–Crippen MR) is 113 cm³/mol. The van der Waals surface area contributed by atoms with Crippen LogP contribution in [0.5, 0.6) is 0 Å². The number of fused-ring (bicyclic) bond motifs is 1. The van der Waals surface area contributed by atoms with E-state index in [9.17, 15) is 13.2 Å². The van der Waals surface area contributed by atoms with Crippen LogP contribution < -0.4 is 0 Å². The molecule has 29 heavy (non-hydrogen) atoms. The molecule has 4 rings (SSSR count). The van der Waals surface area contributed by atoms with Crippen molar-refractivity contribution in [3.05, 3.63) is 101 Å². The maximum atomic E-state index is 13.6. The Morgan fingerprint density at radius 1 is 0.828 bits per heavy atom. The maximum absolute atomic E-state index is 13.6. The van der Waals surface area contributed by atoms with Gasteiger partial charge in [0.2, 0.25) is 9.84 Å². The summed E-state index contributed by atoms with van der Waals surface area (Å²) < 4.78 is 27.3. The van der Waals surface area contributed by atoms with E-state index in [0.29, 0.717) is 16.5 Å². The number of carbonyl (C=O) groups excluding carboxylic acids is 1. The van der Waals surface area contributed by atoms with Crippen molar-refractivity contribution in [2.24, 2.45) is 0 Å². The van der Waals surface area contributed by atoms with Crippen molar-refractivity contribution in [2.45, 2.75) is 23.6 Å². The topological polar surface area (TPSA) is 64.1 Å². The van der Waals surface area contributed by atoms with Crippen LogP contribution in [0.2, 0.25) is 0 Å². The van der Waals surface area contributed by atoms with Crippen molar-refractivity contribution < 1.29 is 13.2 Å². The molecule has 4 nitrogen and oxygen atoms in total. The SMILES string of the molecule is Cc1ccc(S(=O)(=O)c2c(C(=O)c3ccccc3)cnc3ccc(C)cc23)cc1. The van der Waals surface area contributed by atoms with Crippen LogP contribution in [0.3, 0.4) is 0 Å². The lowest BCUT2D eigenvalue weighted by Gasteiger charge is -2.14. The highest BCUT2D eigenvalue weighted by atomic mass is 32.2. The Morgan fingerprint density at radius 3 is 2.17 bits per heavy atom. The maximum Gasteiger partial charge on any atom is 0.208 e. The van der Waals surface area contributed by atoms with Gasteiger partial charge in [-0.05, 0) is 38.1 Å². The van der Waals surface area contributed by atoms with Crippen molar-refractivity contribution in [1.82, 2.24) is 4.98 Å². The summed E-state index contributed by atoms with van der Waals surface area (Å²) in [7, 11) is -3.94. The molecule has 0 bridgehead atoms. The van der Waals surface area contributed by atoms with Gasteiger partial charge in [-0.3, -0.25) is 9.78 Å². The second kappa shape index (κ2) is 7.26. The third-order valence-electron chi connectivity index (χ3n) is 4.85. The van der Waals surface area contributed by atoms with Crippen LogP contribution in [0.4, 0.5) is 0 Å². The van der Waals surface area contributed by atoms with Crippen LogP contribution >= 0.6 is 0 Å². The number of ketones is 1. The Morgan fingerprint density at radius 2 is 1.48 bits per heavy atom. The summed E-state index contributed by atoms with van der Waals surface area (Å²) in [5.74, 6) is -0.368. The number of rotatable bonds is 4. The Kier molecular flexibility index (Phi) is 4.76. The molecule has 0 aliphatic heterocycles. The Labute approximate surface area is 169 Å². The molecule has 0 fully saturated rings. The number of aryl methyl sites for hydroxylation is 2. The third-order valence-corrected chi connectivity index (χ3v) is 6.72. The van der Waals surface area contributed by atoms with Gasteiger partial charge in [0.05, 0.1) is 20.9 Å². The van der Waals surface area contributed by atoms with E-state index in [1.807, 2.05) is 26.0 Å². The highest BCUT2D eigenvalue weighted by Crippen LogP contribution is 2.32. The molecule has 0 aliphatic rings. The summed E-state index contributed by atoms with van der Waals surface area (Å²) in [6.45, 7) is 3.78. The number of nitrogens with zero attached hydrogens (tertiary/aromatic N) is 1. The first-order chi connectivity index (χ1) is 13.9. The number of benzene rings is 3. The van der Waals surface area contributed by atoms with Crippen LogP contribution in [0.1, 0.15) is 27.0 Å². The Balaban J connectivity index is 2.05. The van der Waals surface area contributed by atoms with Crippen molar-refractivity contribution in [3.63, 3.8) is 0 Å². The minimum absolute atomic E-state index is 0.00362. The van der Waals surface area contributed by atoms with Crippen molar-refractivity contribution in [1.29, 1.82) is 0 Å². The fourth-order valence-corrected chi connectivity index (χ4v) is 4.93. The van der Waals surface area contributed by atoms with Gasteiger partial charge in [0.1, 0.15) is 0 Å². The van der Waals surface area contributed by atoms with E-state index in [1.54, 1.807) is 60.7 Å². The predicted octanol–water partition coefficient (Wildman–Crippen LogP) is 4.92. The van der Waals surface area contributed by atoms with E-state index < -0.39 is 9.84 Å². The Bertz CT molecular complexity index is 1330. The van der Waals surface area contributed by atoms with Crippen LogP contribution in [0, 0.1) is 13.8 Å². The zero-order valence-corrected chi connectivity index (χ0v) is 16.9. The molecule has 1 heterocycles. The van der Waals surface area contributed by atoms with Crippen molar-refractivity contribution in [2.75, 3.05) is 0 Å². The van der Waals surface area contributed by atoms with Gasteiger partial charge < -0.3 is 0 Å². The second-order valence-electron chi connectivity index (χ2n) is 7.03. The molecule has 0 unspecified atom stereocenters. The van der Waals surface area contributed by atoms with E-state index in [2.05, 4.69) is 4.98 Å². The molecule has 0 atom stereocenters. The molecule has 0 N–H and O–H groups in total. The molecule has 1 aromatic heterocycles. The molecule has 0 radical (unpaired) electrons. The molecule has 144 valence electrons. The zero-order chi connectivity index (χ0) is 20.6. The quantitative estimate of drug-likeness (QED) is 0.456. The largest absolute Gasteiger partial charge is 0.289 e. The van der Waals surface area contributed by atoms with E-state index in [4.69, 9.17) is 0 Å². The summed E-state index contributed by atoms with van der Waals surface area (Å²) in [4.78, 5) is 17.7. The molecule has 0 spiro atoms. The van der Waals surface area contributed by atoms with E-state index in [0.717, 1.165) is 11.1 Å². The lowest BCUT2D eigenvalue weighted by Crippen LogP contribution is -2.12. The normalized spacial score (nSPS) is 11.5. The van der Waals surface area contributed by atoms with Gasteiger partial charge in [-0.15, -0.1) is 0 Å². The monoisotopic (exact) mass is 401 g/mol. The van der Waals surface area contributed by atoms with Gasteiger partial charge in [-0.25, -0.2) is 8.42 Å². The van der Waals surface area contributed by atoms with Gasteiger partial charge in [0.25, 0.3) is 0 Å². The summed E-state index contributed by atoms with van der Waals surface area (Å²) in [5, 5.41) is 0.451. The number of hydrogen-bond donors (Lipinski definition) is 0. The number of sulfone groups is 1. The zero-order valence-electron chi connectivity index (χ0n) is 16.1. The molecule has 5 heteroatoms. The summed E-state index contributed by atoms with van der Waals surface area (Å²) in [6, 6.07) is 20.7. The molecule has 4 aromatic rings. The minimum atomic E-state index is -3.94. The lowest BCUT2D eigenvalue weighted by molar-refractivity contribution is 0.103. The number of pyridine rings is 1. The average molecular weight is 401 g/mol. The van der Waals surface area contributed by atoms with E-state index >= 15 is 0 Å². The molecule has 3 aromatic carbocycles. The lowest BCUT2D eigenvalue weighted by atomic mass is 10.0. The summed E-state index contributed by atoms with van der Waals surface area (Å²) in [5.41, 5.74) is 2.88. The molecule has 0 saturated heterocycles. The smallest absolute Gasteiger partial charge is 0.208 e. The first-order valence-corrected chi connectivity index (χ1v) is 10.7. The second-order valence-corrected chi connectivity index (χ2v) is 8.92. The van der Waals surface area contributed by atoms with Crippen LogP contribution in [0.15, 0.2) is 88.8 Å². The molecule has 0 saturated carbocycles. The van der Waals surface area contributed by atoms with E-state index in [1.165, 1.54) is 6.20 Å². The van der Waals surface area contributed by atoms with E-state index in [-0.39, 0.29) is 21.1 Å². The van der Waals surface area contributed by atoms with Gasteiger partial charge in [-0.2, -0.15) is 0 Å². The fraction of sp³-hybridized carbons (Fsp3) is 0.0833. The molecule has 0 aliphatic carbocycles. The third kappa shape index (κ3) is 3.45. The number of hydrogen-bond acceptors (Lipinski definition) is 4. The number of aromatic nitrogens is 1. The Hall–Kier alpha value is -3.31. The minimum Gasteiger partial charge on any atom is -0.289 e. The van der Waals surface area contributed by atoms with Crippen molar-refractivity contribution in [3.8, 4) is 0 Å². The standard InChI is InChI=1S/C24H19NO3S/c1-16-8-11-19(12-9-16)29(27,28)24-20-14-17(2)10-13-22(20)25-15-21(24)23(26)18-6-4-3-5-7-18/h3-15H,1-2H3. The molecular weight excluding hydrogens is 382 g/mol. The number of carbonyl (C=O) groups is 1. The highest BCUT2D eigenvalue weighted by molar-refractivity contribution is 7.91. The van der Waals surface area contributed by atoms with Gasteiger partial charge in [0, 0.05) is 17.1 Å². The average Bonchev–Trinajstić information content (AvgIpc) is 2.73. The molecular formula is C24H19NO3S. The van der Waals surface area contributed by atoms with Gasteiger partial charge in [0.15, 0.2) is 5.78 Å². The van der Waals surface area contributed by atoms with Crippen molar-refractivity contribution >= 4 is 26.5 Å². The van der Waals surface area contributed by atoms with Crippen LogP contribution in [0.25, 0.3) is 10.9 Å².